The Morgan fingerprint density at radius 3 is 2.76 bits per heavy atom. The molecule has 0 radical (unpaired) electrons. The number of methoxy groups -OCH3 is 1. The number of sulfone groups is 1. The average molecular weight is 513 g/mol. The van der Waals surface area contributed by atoms with Crippen molar-refractivity contribution in [3.05, 3.63) is 50.8 Å². The summed E-state index contributed by atoms with van der Waals surface area (Å²) in [6.07, 6.45) is 2.83. The largest absolute Gasteiger partial charge is 0.495 e. The van der Waals surface area contributed by atoms with Gasteiger partial charge in [0.25, 0.3) is 11.6 Å². The number of carbonyl (C=O) groups is 2. The number of amides is 1. The van der Waals surface area contributed by atoms with Crippen molar-refractivity contribution in [3.63, 3.8) is 0 Å². The number of ether oxygens (including phenoxy) is 2. The molecule has 1 aromatic carbocycles. The van der Waals surface area contributed by atoms with E-state index >= 15 is 0 Å². The van der Waals surface area contributed by atoms with Crippen LogP contribution in [0.2, 0.25) is 5.15 Å². The Labute approximate surface area is 199 Å². The number of non-ortho nitro benzene ring substituents is 1. The molecule has 2 aromatic rings. The lowest BCUT2D eigenvalue weighted by atomic mass is 10.2. The number of carbonyl (C=O) groups excluding carboxylic acids is 2. The van der Waals surface area contributed by atoms with E-state index in [-0.39, 0.29) is 39.8 Å². The van der Waals surface area contributed by atoms with Crippen LogP contribution in [0.1, 0.15) is 23.7 Å². The number of aryl methyl sites for hydroxylation is 1. The molecule has 182 valence electrons. The number of aromatic nitrogens is 2. The number of nitrogens with zero attached hydrogens (tertiary/aromatic N) is 3. The number of hydrogen-bond acceptors (Lipinski definition) is 9. The van der Waals surface area contributed by atoms with Crippen LogP contribution in [0, 0.1) is 17.0 Å². The third-order valence-electron chi connectivity index (χ3n) is 5.02. The summed E-state index contributed by atoms with van der Waals surface area (Å²) >= 11 is 6.35. The Morgan fingerprint density at radius 1 is 1.41 bits per heavy atom. The average Bonchev–Trinajstić information content (AvgIpc) is 3.28. The summed E-state index contributed by atoms with van der Waals surface area (Å²) in [6.45, 7) is 1.01. The molecule has 1 N–H and O–H groups in total. The van der Waals surface area contributed by atoms with E-state index in [2.05, 4.69) is 10.4 Å². The van der Waals surface area contributed by atoms with E-state index in [1.807, 2.05) is 0 Å². The Morgan fingerprint density at radius 2 is 2.15 bits per heavy atom. The normalized spacial score (nSPS) is 17.0. The number of anilines is 1. The molecule has 1 aliphatic rings. The Kier molecular flexibility index (Phi) is 7.57. The molecule has 0 aliphatic carbocycles. The van der Waals surface area contributed by atoms with Crippen LogP contribution in [0.4, 0.5) is 11.4 Å². The summed E-state index contributed by atoms with van der Waals surface area (Å²) in [4.78, 5) is 34.5. The van der Waals surface area contributed by atoms with E-state index in [9.17, 15) is 28.1 Å². The van der Waals surface area contributed by atoms with E-state index in [4.69, 9.17) is 21.1 Å². The molecule has 12 nitrogen and oxygen atoms in total. The number of rotatable bonds is 8. The highest BCUT2D eigenvalue weighted by molar-refractivity contribution is 7.91. The summed E-state index contributed by atoms with van der Waals surface area (Å²) < 4.78 is 34.9. The molecule has 1 aliphatic heterocycles. The third-order valence-corrected chi connectivity index (χ3v) is 7.15. The maximum absolute atomic E-state index is 12.1. The van der Waals surface area contributed by atoms with Gasteiger partial charge in [0.2, 0.25) is 0 Å². The lowest BCUT2D eigenvalue weighted by Gasteiger charge is -2.10. The van der Waals surface area contributed by atoms with Gasteiger partial charge in [-0.1, -0.05) is 11.6 Å². The smallest absolute Gasteiger partial charge is 0.331 e. The van der Waals surface area contributed by atoms with E-state index in [0.29, 0.717) is 17.7 Å². The van der Waals surface area contributed by atoms with Crippen molar-refractivity contribution in [2.75, 3.05) is 30.5 Å². The maximum Gasteiger partial charge on any atom is 0.331 e. The molecule has 1 atom stereocenters. The van der Waals surface area contributed by atoms with Crippen molar-refractivity contribution in [2.45, 2.75) is 19.4 Å². The van der Waals surface area contributed by atoms with Gasteiger partial charge in [0.05, 0.1) is 41.0 Å². The first-order valence-electron chi connectivity index (χ1n) is 9.93. The van der Waals surface area contributed by atoms with E-state index in [0.717, 1.165) is 12.1 Å². The second kappa shape index (κ2) is 10.2. The lowest BCUT2D eigenvalue weighted by molar-refractivity contribution is -0.384. The van der Waals surface area contributed by atoms with Crippen LogP contribution in [0.15, 0.2) is 24.3 Å². The van der Waals surface area contributed by atoms with Crippen molar-refractivity contribution >= 4 is 50.8 Å². The van der Waals surface area contributed by atoms with Crippen molar-refractivity contribution in [3.8, 4) is 5.75 Å². The predicted octanol–water partition coefficient (Wildman–Crippen LogP) is 2.32. The zero-order valence-electron chi connectivity index (χ0n) is 18.2. The van der Waals surface area contributed by atoms with E-state index < -0.39 is 33.2 Å². The number of nitrogens with one attached hydrogen (secondary N) is 1. The van der Waals surface area contributed by atoms with Gasteiger partial charge in [0.15, 0.2) is 16.4 Å². The minimum atomic E-state index is -3.13. The van der Waals surface area contributed by atoms with Crippen LogP contribution < -0.4 is 10.1 Å². The molecule has 14 heteroatoms. The molecule has 0 spiro atoms. The highest BCUT2D eigenvalue weighted by Gasteiger charge is 2.31. The molecular weight excluding hydrogens is 492 g/mol. The van der Waals surface area contributed by atoms with Gasteiger partial charge in [0, 0.05) is 23.8 Å². The second-order valence-corrected chi connectivity index (χ2v) is 10.0. The minimum absolute atomic E-state index is 0.0521. The van der Waals surface area contributed by atoms with Crippen LogP contribution in [-0.4, -0.2) is 60.2 Å². The molecule has 0 bridgehead atoms. The predicted molar refractivity (Wildman–Crippen MR) is 123 cm³/mol. The highest BCUT2D eigenvalue weighted by atomic mass is 35.5. The fourth-order valence-corrected chi connectivity index (χ4v) is 5.43. The summed E-state index contributed by atoms with van der Waals surface area (Å²) in [7, 11) is -1.79. The maximum atomic E-state index is 12.1. The van der Waals surface area contributed by atoms with Crippen LogP contribution in [0.25, 0.3) is 6.08 Å². The molecule has 3 rings (SSSR count). The molecule has 2 heterocycles. The molecule has 0 unspecified atom stereocenters. The fraction of sp³-hybridized carbons (Fsp3) is 0.350. The number of nitro benzene ring substituents is 1. The molecule has 1 saturated heterocycles. The fourth-order valence-electron chi connectivity index (χ4n) is 3.36. The first-order chi connectivity index (χ1) is 16.0. The Hall–Kier alpha value is -3.45. The monoisotopic (exact) mass is 512 g/mol. The number of benzene rings is 1. The van der Waals surface area contributed by atoms with Gasteiger partial charge in [-0.2, -0.15) is 5.10 Å². The second-order valence-electron chi connectivity index (χ2n) is 7.42. The molecule has 0 saturated carbocycles. The Bertz CT molecular complexity index is 1270. The molecule has 1 amide bonds. The van der Waals surface area contributed by atoms with Crippen molar-refractivity contribution < 1.29 is 32.4 Å². The van der Waals surface area contributed by atoms with Gasteiger partial charge in [-0.25, -0.2) is 17.9 Å². The first-order valence-corrected chi connectivity index (χ1v) is 12.1. The van der Waals surface area contributed by atoms with E-state index in [1.165, 1.54) is 30.0 Å². The number of halogens is 1. The number of hydrogen-bond donors (Lipinski definition) is 1. The van der Waals surface area contributed by atoms with Crippen LogP contribution in [0.3, 0.4) is 0 Å². The van der Waals surface area contributed by atoms with E-state index in [1.54, 1.807) is 6.92 Å². The lowest BCUT2D eigenvalue weighted by Crippen LogP contribution is -2.20. The zero-order valence-corrected chi connectivity index (χ0v) is 19.8. The summed E-state index contributed by atoms with van der Waals surface area (Å²) in [6, 6.07) is 3.30. The third kappa shape index (κ3) is 5.91. The number of esters is 1. The van der Waals surface area contributed by atoms with Crippen LogP contribution in [-0.2, 0) is 24.2 Å². The molecule has 1 aromatic heterocycles. The summed E-state index contributed by atoms with van der Waals surface area (Å²) in [5, 5.41) is 17.8. The topological polar surface area (TPSA) is 160 Å². The molecule has 34 heavy (non-hydrogen) atoms. The SMILES string of the molecule is COc1ccc([N+](=O)[O-])cc1NC(=O)COC(=O)/C=C/c1c(C)nn([C@@H]2CCS(=O)(=O)C2)c1Cl. The standard InChI is InChI=1S/C20H21ClN4O8S/c1-12-15(20(21)24(23-12)14-7-8-34(30,31)11-14)4-6-19(27)33-10-18(26)22-16-9-13(25(28)29)3-5-17(16)32-2/h3-6,9,14H,7-8,10-11H2,1-2H3,(H,22,26)/b6-4+/t14-/m1/s1. The van der Waals surface area contributed by atoms with Crippen LogP contribution in [0.5, 0.6) is 5.75 Å². The number of nitro groups is 1. The van der Waals surface area contributed by atoms with Crippen molar-refractivity contribution in [1.29, 1.82) is 0 Å². The summed E-state index contributed by atoms with van der Waals surface area (Å²) in [5.41, 5.74) is 0.721. The zero-order chi connectivity index (χ0) is 25.0. The minimum Gasteiger partial charge on any atom is -0.495 e. The quantitative estimate of drug-likeness (QED) is 0.242. The first kappa shape index (κ1) is 25.2. The van der Waals surface area contributed by atoms with Crippen molar-refractivity contribution in [1.82, 2.24) is 9.78 Å². The van der Waals surface area contributed by atoms with Gasteiger partial charge in [-0.15, -0.1) is 0 Å². The molecule has 1 fully saturated rings. The van der Waals surface area contributed by atoms with Gasteiger partial charge in [-0.05, 0) is 25.5 Å². The van der Waals surface area contributed by atoms with Gasteiger partial charge in [-0.3, -0.25) is 14.9 Å². The van der Waals surface area contributed by atoms with Crippen LogP contribution >= 0.6 is 11.6 Å². The van der Waals surface area contributed by atoms with Gasteiger partial charge < -0.3 is 14.8 Å². The highest BCUT2D eigenvalue weighted by Crippen LogP contribution is 2.31. The van der Waals surface area contributed by atoms with Gasteiger partial charge in [0.1, 0.15) is 10.9 Å². The molecular formula is C20H21ClN4O8S. The summed E-state index contributed by atoms with van der Waals surface area (Å²) in [5.74, 6) is -1.36. The van der Waals surface area contributed by atoms with Gasteiger partial charge >= 0.3 is 5.97 Å². The van der Waals surface area contributed by atoms with Crippen molar-refractivity contribution in [2.24, 2.45) is 0 Å². The Balaban J connectivity index is 1.60.